The first-order valence-electron chi connectivity index (χ1n) is 8.68. The summed E-state index contributed by atoms with van der Waals surface area (Å²) in [5.41, 5.74) is 2.83. The fourth-order valence-electron chi connectivity index (χ4n) is 3.14. The van der Waals surface area contributed by atoms with Gasteiger partial charge in [0.1, 0.15) is 0 Å². The monoisotopic (exact) mass is 289 g/mol. The summed E-state index contributed by atoms with van der Waals surface area (Å²) in [7, 11) is 0. The van der Waals surface area contributed by atoms with Crippen molar-refractivity contribution in [2.24, 2.45) is 0 Å². The van der Waals surface area contributed by atoms with E-state index in [1.807, 2.05) is 0 Å². The Morgan fingerprint density at radius 2 is 2.10 bits per heavy atom. The second-order valence-corrected chi connectivity index (χ2v) is 6.38. The van der Waals surface area contributed by atoms with Crippen LogP contribution in [0.3, 0.4) is 0 Å². The van der Waals surface area contributed by atoms with Crippen molar-refractivity contribution in [3.8, 4) is 0 Å². The van der Waals surface area contributed by atoms with Gasteiger partial charge in [0.25, 0.3) is 0 Å². The lowest BCUT2D eigenvalue weighted by Crippen LogP contribution is -2.22. The fraction of sp³-hybridized carbons (Fsp3) is 0.684. The Labute approximate surface area is 130 Å². The molecule has 118 valence electrons. The molecule has 2 atom stereocenters. The molecular formula is C19H31NO. The summed E-state index contributed by atoms with van der Waals surface area (Å²) in [6.45, 7) is 7.58. The zero-order valence-corrected chi connectivity index (χ0v) is 13.7. The van der Waals surface area contributed by atoms with Crippen molar-refractivity contribution in [3.05, 3.63) is 35.4 Å². The number of hydrogen-bond acceptors (Lipinski definition) is 2. The third kappa shape index (κ3) is 5.80. The summed E-state index contributed by atoms with van der Waals surface area (Å²) in [6.07, 6.45) is 8.03. The van der Waals surface area contributed by atoms with E-state index in [0.29, 0.717) is 12.0 Å². The van der Waals surface area contributed by atoms with Gasteiger partial charge >= 0.3 is 0 Å². The first-order chi connectivity index (χ1) is 10.3. The average molecular weight is 289 g/mol. The number of rotatable bonds is 9. The van der Waals surface area contributed by atoms with Gasteiger partial charge in [-0.3, -0.25) is 0 Å². The van der Waals surface area contributed by atoms with Crippen molar-refractivity contribution in [1.29, 1.82) is 0 Å². The molecule has 1 aliphatic rings. The van der Waals surface area contributed by atoms with Crippen LogP contribution in [0, 0.1) is 6.92 Å². The molecule has 1 aromatic rings. The fourth-order valence-corrected chi connectivity index (χ4v) is 3.14. The second kappa shape index (κ2) is 9.22. The molecule has 2 heteroatoms. The summed E-state index contributed by atoms with van der Waals surface area (Å²) >= 11 is 0. The van der Waals surface area contributed by atoms with Crippen molar-refractivity contribution in [1.82, 2.24) is 5.32 Å². The first-order valence-corrected chi connectivity index (χ1v) is 8.68. The van der Waals surface area contributed by atoms with Gasteiger partial charge in [0.2, 0.25) is 0 Å². The Kier molecular flexibility index (Phi) is 7.25. The predicted octanol–water partition coefficient (Wildman–Crippen LogP) is 4.43. The lowest BCUT2D eigenvalue weighted by molar-refractivity contribution is 0.101. The molecular weight excluding hydrogens is 258 g/mol. The summed E-state index contributed by atoms with van der Waals surface area (Å²) in [6, 6.07) is 9.09. The number of hydrogen-bond donors (Lipinski definition) is 1. The Morgan fingerprint density at radius 1 is 1.29 bits per heavy atom. The maximum Gasteiger partial charge on any atom is 0.0576 e. The van der Waals surface area contributed by atoms with E-state index < -0.39 is 0 Å². The van der Waals surface area contributed by atoms with Crippen LogP contribution >= 0.6 is 0 Å². The first kappa shape index (κ1) is 16.5. The third-order valence-corrected chi connectivity index (χ3v) is 4.47. The zero-order chi connectivity index (χ0) is 14.9. The van der Waals surface area contributed by atoms with Gasteiger partial charge in [0.15, 0.2) is 0 Å². The van der Waals surface area contributed by atoms with Crippen molar-refractivity contribution < 1.29 is 4.74 Å². The van der Waals surface area contributed by atoms with E-state index >= 15 is 0 Å². The molecule has 21 heavy (non-hydrogen) atoms. The topological polar surface area (TPSA) is 21.3 Å². The van der Waals surface area contributed by atoms with Gasteiger partial charge in [-0.1, -0.05) is 43.2 Å². The van der Waals surface area contributed by atoms with E-state index in [1.165, 1.54) is 49.7 Å². The minimum absolute atomic E-state index is 0.535. The molecule has 0 spiro atoms. The molecule has 2 nitrogen and oxygen atoms in total. The highest BCUT2D eigenvalue weighted by atomic mass is 16.5. The van der Waals surface area contributed by atoms with Gasteiger partial charge in [-0.05, 0) is 57.1 Å². The van der Waals surface area contributed by atoms with Crippen LogP contribution in [-0.2, 0) is 4.74 Å². The smallest absolute Gasteiger partial charge is 0.0576 e. The number of benzene rings is 1. The molecule has 0 radical (unpaired) electrons. The van der Waals surface area contributed by atoms with Crippen LogP contribution in [0.5, 0.6) is 0 Å². The molecule has 2 unspecified atom stereocenters. The van der Waals surface area contributed by atoms with Gasteiger partial charge in [-0.25, -0.2) is 0 Å². The van der Waals surface area contributed by atoms with E-state index in [1.54, 1.807) is 0 Å². The molecule has 2 rings (SSSR count). The summed E-state index contributed by atoms with van der Waals surface area (Å²) in [4.78, 5) is 0. The van der Waals surface area contributed by atoms with Crippen molar-refractivity contribution >= 4 is 0 Å². The lowest BCUT2D eigenvalue weighted by Gasteiger charge is -2.19. The molecule has 1 aromatic carbocycles. The predicted molar refractivity (Wildman–Crippen MR) is 89.9 cm³/mol. The molecule has 0 aromatic heterocycles. The van der Waals surface area contributed by atoms with Crippen LogP contribution < -0.4 is 5.32 Å². The SMILES string of the molecule is CCCNCC(CCCC1CCCO1)c1ccc(C)cc1. The summed E-state index contributed by atoms with van der Waals surface area (Å²) in [5.74, 6) is 0.638. The van der Waals surface area contributed by atoms with Crippen LogP contribution in [0.4, 0.5) is 0 Å². The number of aryl methyl sites for hydroxylation is 1. The number of nitrogens with one attached hydrogen (secondary N) is 1. The van der Waals surface area contributed by atoms with Gasteiger partial charge in [-0.15, -0.1) is 0 Å². The molecule has 1 saturated heterocycles. The molecule has 0 amide bonds. The largest absolute Gasteiger partial charge is 0.378 e. The maximum absolute atomic E-state index is 5.74. The van der Waals surface area contributed by atoms with Crippen LogP contribution in [0.1, 0.15) is 62.5 Å². The van der Waals surface area contributed by atoms with E-state index in [0.717, 1.165) is 19.7 Å². The molecule has 0 aliphatic carbocycles. The molecule has 1 heterocycles. The van der Waals surface area contributed by atoms with E-state index in [4.69, 9.17) is 4.74 Å². The molecule has 1 N–H and O–H groups in total. The van der Waals surface area contributed by atoms with Crippen molar-refractivity contribution in [2.75, 3.05) is 19.7 Å². The van der Waals surface area contributed by atoms with Crippen LogP contribution in [0.25, 0.3) is 0 Å². The Hall–Kier alpha value is -0.860. The van der Waals surface area contributed by atoms with Gasteiger partial charge in [-0.2, -0.15) is 0 Å². The second-order valence-electron chi connectivity index (χ2n) is 6.38. The zero-order valence-electron chi connectivity index (χ0n) is 13.7. The lowest BCUT2D eigenvalue weighted by atomic mass is 9.92. The number of ether oxygens (including phenoxy) is 1. The summed E-state index contributed by atoms with van der Waals surface area (Å²) < 4.78 is 5.74. The molecule has 1 aliphatic heterocycles. The Bertz CT molecular complexity index is 381. The highest BCUT2D eigenvalue weighted by Gasteiger charge is 2.17. The third-order valence-electron chi connectivity index (χ3n) is 4.47. The van der Waals surface area contributed by atoms with Crippen LogP contribution in [-0.4, -0.2) is 25.8 Å². The highest BCUT2D eigenvalue weighted by Crippen LogP contribution is 2.25. The molecule has 0 bridgehead atoms. The van der Waals surface area contributed by atoms with Gasteiger partial charge in [0.05, 0.1) is 6.10 Å². The van der Waals surface area contributed by atoms with Crippen molar-refractivity contribution in [2.45, 2.75) is 64.4 Å². The Morgan fingerprint density at radius 3 is 2.76 bits per heavy atom. The normalized spacial score (nSPS) is 19.8. The van der Waals surface area contributed by atoms with E-state index in [2.05, 4.69) is 43.4 Å². The van der Waals surface area contributed by atoms with Crippen molar-refractivity contribution in [3.63, 3.8) is 0 Å². The quantitative estimate of drug-likeness (QED) is 0.679. The van der Waals surface area contributed by atoms with Crippen LogP contribution in [0.15, 0.2) is 24.3 Å². The molecule has 1 fully saturated rings. The minimum atomic E-state index is 0.535. The van der Waals surface area contributed by atoms with Gasteiger partial charge in [0, 0.05) is 13.2 Å². The summed E-state index contributed by atoms with van der Waals surface area (Å²) in [5, 5.41) is 3.60. The minimum Gasteiger partial charge on any atom is -0.378 e. The maximum atomic E-state index is 5.74. The van der Waals surface area contributed by atoms with E-state index in [9.17, 15) is 0 Å². The van der Waals surface area contributed by atoms with Gasteiger partial charge < -0.3 is 10.1 Å². The molecule has 0 saturated carbocycles. The van der Waals surface area contributed by atoms with E-state index in [-0.39, 0.29) is 0 Å². The van der Waals surface area contributed by atoms with Crippen LogP contribution in [0.2, 0.25) is 0 Å². The Balaban J connectivity index is 1.83. The highest BCUT2D eigenvalue weighted by molar-refractivity contribution is 5.24. The average Bonchev–Trinajstić information content (AvgIpc) is 3.00. The standard InChI is InChI=1S/C19H31NO/c1-3-13-20-15-18(17-11-9-16(2)10-12-17)6-4-7-19-8-5-14-21-19/h9-12,18-20H,3-8,13-15H2,1-2H3.